The van der Waals surface area contributed by atoms with Crippen molar-refractivity contribution in [3.63, 3.8) is 0 Å². The van der Waals surface area contributed by atoms with Gasteiger partial charge in [0.2, 0.25) is 5.91 Å². The van der Waals surface area contributed by atoms with Gasteiger partial charge in [-0.2, -0.15) is 0 Å². The molecule has 0 atom stereocenters. The largest absolute Gasteiger partial charge is 0.362 e. The van der Waals surface area contributed by atoms with Crippen LogP contribution in [0.25, 0.3) is 10.9 Å². The molecule has 1 fully saturated rings. The fourth-order valence-electron chi connectivity index (χ4n) is 3.65. The maximum Gasteiger partial charge on any atom is 0.292 e. The number of fused-ring (bicyclic) bond motifs is 1. The molecule has 1 N–H and O–H groups in total. The number of hydrogen-bond acceptors (Lipinski definition) is 4. The molecule has 7 nitrogen and oxygen atoms in total. The van der Waals surface area contributed by atoms with Crippen LogP contribution in [0.5, 0.6) is 0 Å². The molecule has 1 amide bonds. The summed E-state index contributed by atoms with van der Waals surface area (Å²) >= 11 is 0. The molecule has 0 aliphatic carbocycles. The highest BCUT2D eigenvalue weighted by Crippen LogP contribution is 2.30. The molecule has 1 saturated heterocycles. The van der Waals surface area contributed by atoms with Crippen LogP contribution in [0.4, 0.5) is 15.8 Å². The van der Waals surface area contributed by atoms with Crippen LogP contribution in [0.2, 0.25) is 0 Å². The van der Waals surface area contributed by atoms with Crippen LogP contribution >= 0.6 is 0 Å². The van der Waals surface area contributed by atoms with Crippen molar-refractivity contribution < 1.29 is 14.1 Å². The van der Waals surface area contributed by atoms with Crippen LogP contribution < -0.4 is 4.90 Å². The van der Waals surface area contributed by atoms with E-state index in [1.807, 2.05) is 30.5 Å². The van der Waals surface area contributed by atoms with Crippen LogP contribution in [0.1, 0.15) is 5.56 Å². The van der Waals surface area contributed by atoms with Crippen molar-refractivity contribution in [2.75, 3.05) is 31.1 Å². The molecule has 3 aromatic rings. The van der Waals surface area contributed by atoms with E-state index >= 15 is 0 Å². The summed E-state index contributed by atoms with van der Waals surface area (Å²) in [4.78, 5) is 30.1. The lowest BCUT2D eigenvalue weighted by Crippen LogP contribution is -2.49. The fraction of sp³-hybridized carbons (Fsp3) is 0.250. The van der Waals surface area contributed by atoms with E-state index in [0.717, 1.165) is 22.5 Å². The number of halogens is 1. The summed E-state index contributed by atoms with van der Waals surface area (Å²) in [5.41, 5.74) is 2.08. The van der Waals surface area contributed by atoms with Gasteiger partial charge in [0.15, 0.2) is 0 Å². The Morgan fingerprint density at radius 3 is 2.64 bits per heavy atom. The van der Waals surface area contributed by atoms with Gasteiger partial charge in [-0.05, 0) is 17.7 Å². The zero-order valence-electron chi connectivity index (χ0n) is 15.1. The number of para-hydroxylation sites is 1. The molecule has 1 aromatic heterocycles. The molecule has 0 unspecified atom stereocenters. The maximum atomic E-state index is 13.6. The van der Waals surface area contributed by atoms with Crippen molar-refractivity contribution in [3.05, 3.63) is 70.2 Å². The number of anilines is 1. The minimum absolute atomic E-state index is 0.0122. The molecule has 8 heteroatoms. The summed E-state index contributed by atoms with van der Waals surface area (Å²) in [6.45, 7) is 1.72. The molecule has 1 aliphatic heterocycles. The lowest BCUT2D eigenvalue weighted by molar-refractivity contribution is -0.384. The monoisotopic (exact) mass is 382 g/mol. The van der Waals surface area contributed by atoms with Gasteiger partial charge in [0.25, 0.3) is 5.69 Å². The van der Waals surface area contributed by atoms with Gasteiger partial charge >= 0.3 is 0 Å². The molecule has 0 saturated carbocycles. The number of nitro groups is 1. The minimum atomic E-state index is -0.515. The highest BCUT2D eigenvalue weighted by Gasteiger charge is 2.26. The fourth-order valence-corrected chi connectivity index (χ4v) is 3.65. The highest BCUT2D eigenvalue weighted by atomic mass is 19.1. The number of carbonyl (C=O) groups is 1. The number of nitro benzene ring substituents is 1. The van der Waals surface area contributed by atoms with E-state index in [2.05, 4.69) is 4.98 Å². The molecule has 144 valence electrons. The Hall–Kier alpha value is -3.42. The Bertz CT molecular complexity index is 1040. The minimum Gasteiger partial charge on any atom is -0.362 e. The summed E-state index contributed by atoms with van der Waals surface area (Å²) < 4.78 is 13.6. The quantitative estimate of drug-likeness (QED) is 0.555. The Morgan fingerprint density at radius 2 is 1.89 bits per heavy atom. The van der Waals surface area contributed by atoms with Crippen LogP contribution in [0, 0.1) is 15.9 Å². The predicted molar refractivity (Wildman–Crippen MR) is 104 cm³/mol. The zero-order valence-corrected chi connectivity index (χ0v) is 15.1. The Labute approximate surface area is 160 Å². The second-order valence-electron chi connectivity index (χ2n) is 6.79. The van der Waals surface area contributed by atoms with E-state index in [1.165, 1.54) is 12.1 Å². The van der Waals surface area contributed by atoms with Gasteiger partial charge in [-0.25, -0.2) is 4.39 Å². The number of nitrogens with one attached hydrogen (secondary N) is 1. The molecule has 28 heavy (non-hydrogen) atoms. The topological polar surface area (TPSA) is 82.5 Å². The van der Waals surface area contributed by atoms with Crippen molar-refractivity contribution in [1.82, 2.24) is 9.88 Å². The van der Waals surface area contributed by atoms with Crippen molar-refractivity contribution in [2.45, 2.75) is 6.42 Å². The molecule has 0 bridgehead atoms. The first-order valence-corrected chi connectivity index (χ1v) is 9.04. The highest BCUT2D eigenvalue weighted by molar-refractivity contribution is 5.89. The van der Waals surface area contributed by atoms with Gasteiger partial charge in [-0.1, -0.05) is 18.2 Å². The van der Waals surface area contributed by atoms with Crippen LogP contribution in [0.15, 0.2) is 48.7 Å². The summed E-state index contributed by atoms with van der Waals surface area (Å²) in [5.74, 6) is -0.503. The SMILES string of the molecule is O=C(Cc1c[nH]c2ccccc12)N1CCN(c2cc(F)ccc2[N+](=O)[O-])CC1. The average molecular weight is 382 g/mol. The number of benzene rings is 2. The summed E-state index contributed by atoms with van der Waals surface area (Å²) in [6, 6.07) is 11.3. The van der Waals surface area contributed by atoms with E-state index in [4.69, 9.17) is 0 Å². The van der Waals surface area contributed by atoms with Gasteiger partial charge in [-0.3, -0.25) is 14.9 Å². The van der Waals surface area contributed by atoms with Gasteiger partial charge in [0.05, 0.1) is 11.3 Å². The molecule has 1 aliphatic rings. The third-order valence-corrected chi connectivity index (χ3v) is 5.12. The van der Waals surface area contributed by atoms with Crippen LogP contribution in [-0.2, 0) is 11.2 Å². The normalized spacial score (nSPS) is 14.5. The van der Waals surface area contributed by atoms with Gasteiger partial charge < -0.3 is 14.8 Å². The van der Waals surface area contributed by atoms with Crippen molar-refractivity contribution in [1.29, 1.82) is 0 Å². The van der Waals surface area contributed by atoms with E-state index in [0.29, 0.717) is 32.6 Å². The van der Waals surface area contributed by atoms with Crippen molar-refractivity contribution in [3.8, 4) is 0 Å². The number of H-pyrrole nitrogens is 1. The van der Waals surface area contributed by atoms with Gasteiger partial charge in [-0.15, -0.1) is 0 Å². The predicted octanol–water partition coefficient (Wildman–Crippen LogP) is 3.11. The molecule has 2 aromatic carbocycles. The second-order valence-corrected chi connectivity index (χ2v) is 6.79. The lowest BCUT2D eigenvalue weighted by atomic mass is 10.1. The third-order valence-electron chi connectivity index (χ3n) is 5.12. The summed E-state index contributed by atoms with van der Waals surface area (Å²) in [7, 11) is 0. The number of carbonyl (C=O) groups excluding carboxylic acids is 1. The van der Waals surface area contributed by atoms with Crippen LogP contribution in [-0.4, -0.2) is 46.9 Å². The third kappa shape index (κ3) is 3.40. The first-order valence-electron chi connectivity index (χ1n) is 9.04. The molecule has 0 radical (unpaired) electrons. The standard InChI is InChI=1S/C20H19FN4O3/c21-15-5-6-18(25(27)28)19(12-15)23-7-9-24(10-8-23)20(26)11-14-13-22-17-4-2-1-3-16(14)17/h1-6,12-13,22H,7-11H2. The number of nitrogens with zero attached hydrogens (tertiary/aromatic N) is 3. The smallest absolute Gasteiger partial charge is 0.292 e. The number of amides is 1. The molecule has 4 rings (SSSR count). The van der Waals surface area contributed by atoms with Gasteiger partial charge in [0.1, 0.15) is 11.5 Å². The molecular formula is C20H19FN4O3. The van der Waals surface area contributed by atoms with E-state index < -0.39 is 10.7 Å². The molecular weight excluding hydrogens is 363 g/mol. The Kier molecular flexibility index (Phi) is 4.68. The number of aromatic nitrogens is 1. The van der Waals surface area contributed by atoms with Crippen molar-refractivity contribution in [2.24, 2.45) is 0 Å². The Balaban J connectivity index is 1.44. The first-order chi connectivity index (χ1) is 13.5. The number of aromatic amines is 1. The van der Waals surface area contributed by atoms with E-state index in [-0.39, 0.29) is 17.3 Å². The number of hydrogen-bond donors (Lipinski definition) is 1. The van der Waals surface area contributed by atoms with E-state index in [1.54, 1.807) is 9.80 Å². The first kappa shape index (κ1) is 18.0. The van der Waals surface area contributed by atoms with Gasteiger partial charge in [0, 0.05) is 55.4 Å². The number of piperazine rings is 1. The summed E-state index contributed by atoms with van der Waals surface area (Å²) in [5, 5.41) is 12.3. The summed E-state index contributed by atoms with van der Waals surface area (Å²) in [6.07, 6.45) is 2.15. The average Bonchev–Trinajstić information content (AvgIpc) is 3.11. The lowest BCUT2D eigenvalue weighted by Gasteiger charge is -2.35. The molecule has 2 heterocycles. The maximum absolute atomic E-state index is 13.6. The number of rotatable bonds is 4. The van der Waals surface area contributed by atoms with E-state index in [9.17, 15) is 19.3 Å². The zero-order chi connectivity index (χ0) is 19.7. The Morgan fingerprint density at radius 1 is 1.14 bits per heavy atom. The van der Waals surface area contributed by atoms with Crippen molar-refractivity contribution >= 4 is 28.2 Å². The van der Waals surface area contributed by atoms with Crippen LogP contribution in [0.3, 0.4) is 0 Å². The second kappa shape index (κ2) is 7.30. The molecule has 0 spiro atoms.